The van der Waals surface area contributed by atoms with E-state index in [1.54, 1.807) is 35.2 Å². The Labute approximate surface area is 191 Å². The Balaban J connectivity index is 1.65. The summed E-state index contributed by atoms with van der Waals surface area (Å²) in [4.78, 5) is 27.9. The van der Waals surface area contributed by atoms with E-state index in [1.807, 2.05) is 0 Å². The van der Waals surface area contributed by atoms with Crippen LogP contribution in [0.5, 0.6) is 23.0 Å². The summed E-state index contributed by atoms with van der Waals surface area (Å²) in [5.41, 5.74) is 0.873. The van der Waals surface area contributed by atoms with Crippen molar-refractivity contribution in [1.82, 2.24) is 4.90 Å². The van der Waals surface area contributed by atoms with Crippen molar-refractivity contribution >= 4 is 17.4 Å². The Hall–Kier alpha value is -3.68. The topological polar surface area (TPSA) is 106 Å². The Morgan fingerprint density at radius 3 is 2.45 bits per heavy atom. The number of aliphatic hydroxyl groups excluding tert-OH is 1. The van der Waals surface area contributed by atoms with Crippen molar-refractivity contribution < 1.29 is 34.0 Å². The van der Waals surface area contributed by atoms with Gasteiger partial charge in [0.1, 0.15) is 19.0 Å². The first-order chi connectivity index (χ1) is 16.0. The van der Waals surface area contributed by atoms with Crippen molar-refractivity contribution in [3.8, 4) is 23.0 Å². The lowest BCUT2D eigenvalue weighted by molar-refractivity contribution is -0.141. The van der Waals surface area contributed by atoms with Gasteiger partial charge < -0.3 is 29.3 Å². The fraction of sp³-hybridized carbons (Fsp3) is 0.360. The monoisotopic (exact) mass is 451 g/mol. The molecule has 2 aliphatic heterocycles. The minimum absolute atomic E-state index is 0.00635. The zero-order valence-corrected chi connectivity index (χ0v) is 18.2. The summed E-state index contributed by atoms with van der Waals surface area (Å²) in [7, 11) is 1.45. The van der Waals surface area contributed by atoms with Crippen molar-refractivity contribution in [1.29, 1.82) is 0 Å². The van der Waals surface area contributed by atoms with E-state index in [0.29, 0.717) is 35.8 Å². The van der Waals surface area contributed by atoms with Gasteiger partial charge in [0.15, 0.2) is 23.0 Å². The lowest BCUT2D eigenvalue weighted by atomic mass is 9.94. The number of amides is 1. The molecule has 0 aromatic heterocycles. The summed E-state index contributed by atoms with van der Waals surface area (Å²) in [6.07, 6.45) is 3.51. The zero-order valence-electron chi connectivity index (χ0n) is 18.2. The van der Waals surface area contributed by atoms with Crippen molar-refractivity contribution in [2.45, 2.75) is 37.8 Å². The third-order valence-corrected chi connectivity index (χ3v) is 6.53. The number of ether oxygens (including phenoxy) is 3. The number of carbonyl (C=O) groups excluding carboxylic acids is 2. The van der Waals surface area contributed by atoms with Gasteiger partial charge in [-0.05, 0) is 48.7 Å². The highest BCUT2D eigenvalue weighted by atomic mass is 16.6. The van der Waals surface area contributed by atoms with Crippen molar-refractivity contribution in [3.05, 3.63) is 53.1 Å². The molecule has 1 atom stereocenters. The summed E-state index contributed by atoms with van der Waals surface area (Å²) in [6.45, 7) is 0.820. The number of likely N-dealkylation sites (tertiary alicyclic amines) is 1. The maximum atomic E-state index is 13.2. The van der Waals surface area contributed by atoms with Gasteiger partial charge in [-0.2, -0.15) is 0 Å². The largest absolute Gasteiger partial charge is 0.507 e. The van der Waals surface area contributed by atoms with E-state index < -0.39 is 17.7 Å². The van der Waals surface area contributed by atoms with Crippen LogP contribution < -0.4 is 14.2 Å². The number of methoxy groups -OCH3 is 1. The molecule has 0 bridgehead atoms. The highest BCUT2D eigenvalue weighted by molar-refractivity contribution is 6.46. The maximum absolute atomic E-state index is 13.2. The average molecular weight is 451 g/mol. The molecule has 33 heavy (non-hydrogen) atoms. The van der Waals surface area contributed by atoms with Gasteiger partial charge in [0.2, 0.25) is 0 Å². The molecule has 3 aliphatic rings. The molecule has 1 saturated heterocycles. The summed E-state index contributed by atoms with van der Waals surface area (Å²) in [5.74, 6) is -0.466. The van der Waals surface area contributed by atoms with E-state index >= 15 is 0 Å². The Bertz CT molecular complexity index is 1150. The van der Waals surface area contributed by atoms with Gasteiger partial charge in [-0.25, -0.2) is 0 Å². The molecule has 0 radical (unpaired) electrons. The van der Waals surface area contributed by atoms with Gasteiger partial charge in [-0.15, -0.1) is 0 Å². The Kier molecular flexibility index (Phi) is 5.36. The number of carbonyl (C=O) groups is 2. The SMILES string of the molecule is COc1ccc(C2/C(=C(/O)c3ccc4c(c3)OCCO4)C(=O)C(=O)N2C2CCCC2)cc1O. The first-order valence-corrected chi connectivity index (χ1v) is 11.1. The number of nitrogens with zero attached hydrogens (tertiary/aromatic N) is 1. The van der Waals surface area contributed by atoms with E-state index in [1.165, 1.54) is 13.2 Å². The first-order valence-electron chi connectivity index (χ1n) is 11.1. The van der Waals surface area contributed by atoms with Gasteiger partial charge in [-0.3, -0.25) is 9.59 Å². The molecular weight excluding hydrogens is 426 g/mol. The van der Waals surface area contributed by atoms with Crippen molar-refractivity contribution in [3.63, 3.8) is 0 Å². The molecule has 1 aliphatic carbocycles. The number of Topliss-reactive ketones (excluding diaryl/α,β-unsaturated/α-hetero) is 1. The molecule has 1 amide bonds. The van der Waals surface area contributed by atoms with Crippen LogP contribution in [0.2, 0.25) is 0 Å². The second-order valence-electron chi connectivity index (χ2n) is 8.43. The number of benzene rings is 2. The molecule has 2 aromatic rings. The minimum atomic E-state index is -0.821. The van der Waals surface area contributed by atoms with Gasteiger partial charge in [0, 0.05) is 11.6 Å². The summed E-state index contributed by atoms with van der Waals surface area (Å²) in [5, 5.41) is 21.7. The van der Waals surface area contributed by atoms with Crippen LogP contribution in [0, 0.1) is 0 Å². The first kappa shape index (κ1) is 21.2. The zero-order chi connectivity index (χ0) is 23.1. The highest BCUT2D eigenvalue weighted by Crippen LogP contribution is 2.45. The summed E-state index contributed by atoms with van der Waals surface area (Å²) >= 11 is 0. The quantitative estimate of drug-likeness (QED) is 0.416. The molecule has 2 heterocycles. The maximum Gasteiger partial charge on any atom is 0.295 e. The number of ketones is 1. The third-order valence-electron chi connectivity index (χ3n) is 6.53. The smallest absolute Gasteiger partial charge is 0.295 e. The minimum Gasteiger partial charge on any atom is -0.507 e. The second kappa shape index (κ2) is 8.35. The molecule has 0 spiro atoms. The molecular formula is C25H25NO7. The van der Waals surface area contributed by atoms with Crippen LogP contribution in [0.3, 0.4) is 0 Å². The van der Waals surface area contributed by atoms with E-state index in [-0.39, 0.29) is 28.9 Å². The number of phenolic OH excluding ortho intramolecular Hbond substituents is 1. The molecule has 5 rings (SSSR count). The predicted octanol–water partition coefficient (Wildman–Crippen LogP) is 3.54. The van der Waals surface area contributed by atoms with E-state index in [2.05, 4.69) is 0 Å². The molecule has 1 unspecified atom stereocenters. The van der Waals surface area contributed by atoms with Crippen LogP contribution in [0.1, 0.15) is 42.9 Å². The van der Waals surface area contributed by atoms with E-state index in [0.717, 1.165) is 25.7 Å². The van der Waals surface area contributed by atoms with Crippen molar-refractivity contribution in [2.75, 3.05) is 20.3 Å². The molecule has 1 saturated carbocycles. The van der Waals surface area contributed by atoms with Crippen LogP contribution in [-0.2, 0) is 9.59 Å². The fourth-order valence-corrected chi connectivity index (χ4v) is 4.96. The standard InChI is InChI=1S/C25H25NO7/c1-31-18-8-6-14(12-17(18)27)22-21(24(29)25(30)26(22)16-4-2-3-5-16)23(28)15-7-9-19-20(13-15)33-11-10-32-19/h6-9,12-13,16,22,27-28H,2-5,10-11H2,1H3/b23-21-. The average Bonchev–Trinajstić information content (AvgIpc) is 3.45. The fourth-order valence-electron chi connectivity index (χ4n) is 4.96. The molecule has 2 aromatic carbocycles. The summed E-state index contributed by atoms with van der Waals surface area (Å²) < 4.78 is 16.3. The molecule has 2 N–H and O–H groups in total. The lowest BCUT2D eigenvalue weighted by Crippen LogP contribution is -2.37. The van der Waals surface area contributed by atoms with Crippen LogP contribution in [0.4, 0.5) is 0 Å². The van der Waals surface area contributed by atoms with E-state index in [9.17, 15) is 19.8 Å². The second-order valence-corrected chi connectivity index (χ2v) is 8.43. The van der Waals surface area contributed by atoms with Crippen LogP contribution in [-0.4, -0.2) is 53.2 Å². The third kappa shape index (κ3) is 3.55. The number of rotatable bonds is 4. The molecule has 8 nitrogen and oxygen atoms in total. The number of hydrogen-bond donors (Lipinski definition) is 2. The Morgan fingerprint density at radius 2 is 1.76 bits per heavy atom. The molecule has 8 heteroatoms. The highest BCUT2D eigenvalue weighted by Gasteiger charge is 2.49. The number of phenols is 1. The summed E-state index contributed by atoms with van der Waals surface area (Å²) in [6, 6.07) is 8.75. The molecule has 2 fully saturated rings. The van der Waals surface area contributed by atoms with Crippen LogP contribution in [0.15, 0.2) is 42.0 Å². The van der Waals surface area contributed by atoms with Gasteiger partial charge >= 0.3 is 0 Å². The van der Waals surface area contributed by atoms with Gasteiger partial charge in [0.25, 0.3) is 11.7 Å². The number of aliphatic hydroxyl groups is 1. The molecule has 172 valence electrons. The Morgan fingerprint density at radius 1 is 1.03 bits per heavy atom. The number of aromatic hydroxyl groups is 1. The van der Waals surface area contributed by atoms with Gasteiger partial charge in [0.05, 0.1) is 18.7 Å². The predicted molar refractivity (Wildman–Crippen MR) is 118 cm³/mol. The lowest BCUT2D eigenvalue weighted by Gasteiger charge is -2.31. The van der Waals surface area contributed by atoms with E-state index in [4.69, 9.17) is 14.2 Å². The number of fused-ring (bicyclic) bond motifs is 1. The van der Waals surface area contributed by atoms with Crippen molar-refractivity contribution in [2.24, 2.45) is 0 Å². The van der Waals surface area contributed by atoms with Crippen LogP contribution >= 0.6 is 0 Å². The normalized spacial score (nSPS) is 22.1. The van der Waals surface area contributed by atoms with Crippen LogP contribution in [0.25, 0.3) is 5.76 Å². The van der Waals surface area contributed by atoms with Gasteiger partial charge in [-0.1, -0.05) is 18.9 Å². The number of hydrogen-bond acceptors (Lipinski definition) is 7.